The Labute approximate surface area is 327 Å². The molecule has 22 atom stereocenters. The molecule has 5 heterocycles. The highest BCUT2D eigenvalue weighted by Gasteiger charge is 2.91. The van der Waals surface area contributed by atoms with Gasteiger partial charge in [-0.15, -0.1) is 0 Å². The lowest BCUT2D eigenvalue weighted by Gasteiger charge is -2.77. The third-order valence-corrected chi connectivity index (χ3v) is 19.6. The Kier molecular flexibility index (Phi) is 7.22. The number of ether oxygens (including phenoxy) is 4. The molecule has 5 aliphatic heterocycles. The first-order valence-electron chi connectivity index (χ1n) is 21.4. The lowest BCUT2D eigenvalue weighted by Crippen LogP contribution is -2.89. The predicted octanol–water partition coefficient (Wildman–Crippen LogP) is 1.56. The topological polar surface area (TPSA) is 213 Å². The van der Waals surface area contributed by atoms with E-state index in [1.165, 1.54) is 0 Å². The number of fused-ring (bicyclic) bond motifs is 3. The molecule has 0 aromatic carbocycles. The summed E-state index contributed by atoms with van der Waals surface area (Å²) in [6, 6.07) is 0. The summed E-state index contributed by atoms with van der Waals surface area (Å²) >= 11 is 0. The molecule has 7 N–H and O–H groups in total. The highest BCUT2D eigenvalue weighted by Crippen LogP contribution is 2.80. The van der Waals surface area contributed by atoms with Crippen LogP contribution in [-0.2, 0) is 28.5 Å². The molecule has 13 fully saturated rings. The van der Waals surface area contributed by atoms with Gasteiger partial charge in [-0.1, -0.05) is 41.2 Å². The number of ketones is 2. The van der Waals surface area contributed by atoms with Gasteiger partial charge in [0.25, 0.3) is 0 Å². The van der Waals surface area contributed by atoms with E-state index in [-0.39, 0.29) is 24.4 Å². The van der Waals surface area contributed by atoms with Crippen LogP contribution in [0.4, 0.5) is 0 Å². The molecule has 0 aromatic heterocycles. The van der Waals surface area contributed by atoms with Crippen LogP contribution in [0.15, 0.2) is 12.2 Å². The largest absolute Gasteiger partial charge is 0.392 e. The first-order chi connectivity index (χ1) is 26.2. The van der Waals surface area contributed by atoms with Crippen LogP contribution in [0.5, 0.6) is 0 Å². The van der Waals surface area contributed by atoms with Gasteiger partial charge in [0.05, 0.1) is 36.4 Å². The van der Waals surface area contributed by atoms with Crippen molar-refractivity contribution in [3.8, 4) is 0 Å². The van der Waals surface area contributed by atoms with Gasteiger partial charge in [0.15, 0.2) is 24.1 Å². The number of carbonyl (C=O) groups is 2. The van der Waals surface area contributed by atoms with Crippen LogP contribution in [0.1, 0.15) is 92.4 Å². The van der Waals surface area contributed by atoms with Crippen LogP contribution in [-0.4, -0.2) is 115 Å². The minimum atomic E-state index is -2.45. The second kappa shape index (κ2) is 10.7. The van der Waals surface area contributed by atoms with Gasteiger partial charge in [-0.05, 0) is 91.9 Å². The fourth-order valence-corrected chi connectivity index (χ4v) is 17.7. The Morgan fingerprint density at radius 3 is 2.16 bits per heavy atom. The Bertz CT molecular complexity index is 1820. The van der Waals surface area contributed by atoms with E-state index in [9.17, 15) is 40.5 Å². The molecule has 0 aromatic rings. The van der Waals surface area contributed by atoms with Gasteiger partial charge in [0.2, 0.25) is 11.6 Å². The van der Waals surface area contributed by atoms with E-state index >= 15 is 4.79 Å². The van der Waals surface area contributed by atoms with E-state index in [1.807, 2.05) is 20.8 Å². The third kappa shape index (κ3) is 3.49. The molecule has 13 rings (SSSR count). The van der Waals surface area contributed by atoms with Gasteiger partial charge in [0.1, 0.15) is 23.0 Å². The summed E-state index contributed by atoms with van der Waals surface area (Å²) in [5.74, 6) is -10.2. The summed E-state index contributed by atoms with van der Waals surface area (Å²) in [5.41, 5.74) is -6.44. The average molecular weight is 785 g/mol. The Morgan fingerprint density at radius 2 is 1.43 bits per heavy atom. The van der Waals surface area contributed by atoms with Crippen LogP contribution in [0.25, 0.3) is 0 Å². The van der Waals surface area contributed by atoms with Crippen LogP contribution >= 0.6 is 0 Å². The van der Waals surface area contributed by atoms with Crippen molar-refractivity contribution >= 4 is 11.6 Å². The second-order valence-electron chi connectivity index (χ2n) is 22.0. The predicted molar refractivity (Wildman–Crippen MR) is 192 cm³/mol. The minimum absolute atomic E-state index is 0.000769. The molecule has 0 amide bonds. The first kappa shape index (κ1) is 37.6. The molecule has 13 nitrogen and oxygen atoms in total. The molecule has 8 saturated carbocycles. The van der Waals surface area contributed by atoms with E-state index in [4.69, 9.17) is 18.9 Å². The van der Waals surface area contributed by atoms with Crippen molar-refractivity contribution in [1.29, 1.82) is 0 Å². The number of carbonyl (C=O) groups excluding carboxylic acids is 2. The zero-order valence-corrected chi connectivity index (χ0v) is 33.1. The van der Waals surface area contributed by atoms with Crippen molar-refractivity contribution in [1.82, 2.24) is 0 Å². The fourth-order valence-electron chi connectivity index (χ4n) is 17.7. The third-order valence-electron chi connectivity index (χ3n) is 19.6. The van der Waals surface area contributed by atoms with Crippen molar-refractivity contribution in [2.75, 3.05) is 6.61 Å². The Balaban J connectivity index is 0.939. The smallest absolute Gasteiger partial charge is 0.211 e. The summed E-state index contributed by atoms with van der Waals surface area (Å²) in [7, 11) is 0. The van der Waals surface area contributed by atoms with Crippen LogP contribution in [0.3, 0.4) is 0 Å². The van der Waals surface area contributed by atoms with Crippen molar-refractivity contribution in [2.24, 2.45) is 79.8 Å². The van der Waals surface area contributed by atoms with Gasteiger partial charge in [-0.25, -0.2) is 0 Å². The minimum Gasteiger partial charge on any atom is -0.392 e. The number of rotatable bonds is 3. The monoisotopic (exact) mass is 784 g/mol. The zero-order valence-electron chi connectivity index (χ0n) is 33.1. The second-order valence-corrected chi connectivity index (χ2v) is 22.0. The molecular weight excluding hydrogens is 724 g/mol. The number of aliphatic hydroxyl groups excluding tert-OH is 5. The molecule has 56 heavy (non-hydrogen) atoms. The van der Waals surface area contributed by atoms with Gasteiger partial charge in [-0.2, -0.15) is 0 Å². The molecule has 13 aliphatic rings. The lowest BCUT2D eigenvalue weighted by atomic mass is 9.35. The maximum Gasteiger partial charge on any atom is 0.211 e. The van der Waals surface area contributed by atoms with E-state index in [0.717, 1.165) is 0 Å². The lowest BCUT2D eigenvalue weighted by molar-refractivity contribution is -0.546. The summed E-state index contributed by atoms with van der Waals surface area (Å²) in [6.07, 6.45) is -4.53. The summed E-state index contributed by atoms with van der Waals surface area (Å²) in [4.78, 5) is 29.5. The molecule has 8 bridgehead atoms. The molecule has 5 saturated heterocycles. The fraction of sp³-hybridized carbons (Fsp3) is 0.907. The normalized spacial score (nSPS) is 62.4. The van der Waals surface area contributed by atoms with Crippen LogP contribution in [0.2, 0.25) is 0 Å². The van der Waals surface area contributed by atoms with Crippen LogP contribution in [0, 0.1) is 79.8 Å². The van der Waals surface area contributed by atoms with Gasteiger partial charge < -0.3 is 54.7 Å². The van der Waals surface area contributed by atoms with Gasteiger partial charge in [-0.3, -0.25) is 9.59 Å². The zero-order chi connectivity index (χ0) is 39.9. The summed E-state index contributed by atoms with van der Waals surface area (Å²) < 4.78 is 26.5. The highest BCUT2D eigenvalue weighted by molar-refractivity contribution is 6.05. The first-order valence-corrected chi connectivity index (χ1v) is 21.4. The van der Waals surface area contributed by atoms with Gasteiger partial charge >= 0.3 is 0 Å². The summed E-state index contributed by atoms with van der Waals surface area (Å²) in [6.45, 7) is 14.1. The quantitative estimate of drug-likeness (QED) is 0.203. The maximum atomic E-state index is 15.2. The molecule has 0 radical (unpaired) electrons. The SMILES string of the molecule is C=C1C(=O)[C@]23[C@H](O)[C@H]1CC[C@H]2[C@@]12C4O[C@H](C(C)C[C@@H]5C(=O)[C@]67[C@H](O)[C@H]5CC[C@H]6[C@@]56CO[C@]7(O)[C@@H](O)[C@@H]5C(C)(C)CC[C@@H]6O)O[C@H]1CCC(C)(C)[C@H]2[C@H](O)[C@@]3(O)O4. The average Bonchev–Trinajstić information content (AvgIpc) is 3.30. The van der Waals surface area contributed by atoms with E-state index in [0.29, 0.717) is 51.4 Å². The van der Waals surface area contributed by atoms with Crippen molar-refractivity contribution in [2.45, 2.75) is 153 Å². The molecular formula is C43H60O13. The highest BCUT2D eigenvalue weighted by atomic mass is 16.8. The van der Waals surface area contributed by atoms with Crippen molar-refractivity contribution < 1.29 is 64.3 Å². The standard InChI is InChI=1S/C43H60O13/c1-17(15-21-20-8-9-22-38-16-53-42(51,40(22,30(20)47)31(21)48)32(49)26(38)36(3,4)13-11-24(38)44)34-54-25-12-14-37(5,6)27-33(50)43(52)41-23(39(25,27)35(55-34)56-43)10-7-19(29(41)46)18(2)28(41)45/h17,19-27,29-30,32-35,44,46-47,49-52H,2,7-16H2,1,3-6H3/t17?,19-,20-,21-,22-,23-,24-,25-,26+,27+,29+,30+,32-,33-,34+,35?,38+,39+,40+,41-,42+,43+/m0/s1. The molecule has 4 spiro atoms. The van der Waals surface area contributed by atoms with Crippen molar-refractivity contribution in [3.05, 3.63) is 12.2 Å². The molecule has 13 heteroatoms. The maximum absolute atomic E-state index is 15.2. The van der Waals surface area contributed by atoms with E-state index in [1.54, 1.807) is 0 Å². The van der Waals surface area contributed by atoms with Crippen LogP contribution < -0.4 is 0 Å². The van der Waals surface area contributed by atoms with Gasteiger partial charge in [0, 0.05) is 35.0 Å². The molecule has 8 aliphatic carbocycles. The molecule has 2 unspecified atom stereocenters. The number of aliphatic hydroxyl groups is 7. The van der Waals surface area contributed by atoms with E-state index < -0.39 is 146 Å². The number of Topliss-reactive ketones (excluding diaryl/α,β-unsaturated/α-hetero) is 2. The number of hydrogen-bond acceptors (Lipinski definition) is 13. The number of hydrogen-bond donors (Lipinski definition) is 7. The Hall–Kier alpha value is -1.36. The molecule has 310 valence electrons. The van der Waals surface area contributed by atoms with E-state index in [2.05, 4.69) is 20.4 Å². The van der Waals surface area contributed by atoms with Crippen molar-refractivity contribution in [3.63, 3.8) is 0 Å². The Morgan fingerprint density at radius 1 is 0.768 bits per heavy atom. The summed E-state index contributed by atoms with van der Waals surface area (Å²) in [5, 5.41) is 85.5.